The van der Waals surface area contributed by atoms with Crippen LogP contribution in [0.4, 0.5) is 5.69 Å². The first-order valence-electron chi connectivity index (χ1n) is 17.9. The van der Waals surface area contributed by atoms with Gasteiger partial charge in [-0.1, -0.05) is 66.7 Å². The lowest BCUT2D eigenvalue weighted by molar-refractivity contribution is -0.150. The second kappa shape index (κ2) is 17.7. The number of esters is 3. The fraction of sp³-hybridized carbons (Fsp3) is 0.357. The molecular weight excluding hydrogens is 662 g/mol. The summed E-state index contributed by atoms with van der Waals surface area (Å²) in [6.45, 7) is 3.48. The molecule has 0 radical (unpaired) electrons. The van der Waals surface area contributed by atoms with Crippen LogP contribution in [0.15, 0.2) is 91.0 Å². The molecule has 1 fully saturated rings. The molecule has 4 aromatic carbocycles. The standard InChI is InChI=1S/C42H45NO9/c1-47-39(44)14-6-3-9-25-50-40(45)19-20-41(46)51-29-28-49-33-17-15-32(16-18-33)42(31-10-4-2-5-11-31)22-21-36-34-12-7-8-13-35(34)37(30-38(36)52-42)43-23-26-48-27-24-43/h2,4-5,7-8,10-13,15-18,21-22,30H,3,6,9,14,19-20,23-29H2,1H3. The number of hydrogen-bond donors (Lipinski definition) is 0. The lowest BCUT2D eigenvalue weighted by Crippen LogP contribution is -2.37. The molecule has 0 N–H and O–H groups in total. The van der Waals surface area contributed by atoms with Crippen molar-refractivity contribution in [2.24, 2.45) is 0 Å². The quantitative estimate of drug-likeness (QED) is 0.0686. The Bertz CT molecular complexity index is 1850. The van der Waals surface area contributed by atoms with Crippen molar-refractivity contribution < 1.29 is 42.8 Å². The van der Waals surface area contributed by atoms with E-state index < -0.39 is 17.5 Å². The second-order valence-corrected chi connectivity index (χ2v) is 12.7. The van der Waals surface area contributed by atoms with Crippen LogP contribution in [-0.4, -0.2) is 71.1 Å². The number of rotatable bonds is 16. The highest BCUT2D eigenvalue weighted by Gasteiger charge is 2.38. The summed E-state index contributed by atoms with van der Waals surface area (Å²) in [5, 5.41) is 2.33. The van der Waals surface area contributed by atoms with Gasteiger partial charge in [-0.25, -0.2) is 0 Å². The van der Waals surface area contributed by atoms with Gasteiger partial charge in [-0.15, -0.1) is 0 Å². The average molecular weight is 708 g/mol. The van der Waals surface area contributed by atoms with Crippen LogP contribution in [0.5, 0.6) is 11.5 Å². The van der Waals surface area contributed by atoms with Crippen molar-refractivity contribution in [2.75, 3.05) is 58.1 Å². The topological polar surface area (TPSA) is 110 Å². The molecule has 6 rings (SSSR count). The second-order valence-electron chi connectivity index (χ2n) is 12.7. The summed E-state index contributed by atoms with van der Waals surface area (Å²) < 4.78 is 33.6. The van der Waals surface area contributed by atoms with Gasteiger partial charge < -0.3 is 33.3 Å². The minimum Gasteiger partial charge on any atom is -0.490 e. The fourth-order valence-corrected chi connectivity index (χ4v) is 6.55. The lowest BCUT2D eigenvalue weighted by Gasteiger charge is -2.38. The molecule has 0 aromatic heterocycles. The van der Waals surface area contributed by atoms with Gasteiger partial charge in [-0.05, 0) is 48.9 Å². The molecule has 10 heteroatoms. The van der Waals surface area contributed by atoms with E-state index in [0.717, 1.165) is 53.0 Å². The summed E-state index contributed by atoms with van der Waals surface area (Å²) in [5.41, 5.74) is 3.25. The summed E-state index contributed by atoms with van der Waals surface area (Å²) >= 11 is 0. The molecule has 52 heavy (non-hydrogen) atoms. The normalized spacial score (nSPS) is 16.4. The van der Waals surface area contributed by atoms with Gasteiger partial charge in [-0.2, -0.15) is 0 Å². The first-order chi connectivity index (χ1) is 25.5. The summed E-state index contributed by atoms with van der Waals surface area (Å²) in [5.74, 6) is 0.233. The zero-order valence-electron chi connectivity index (χ0n) is 29.6. The smallest absolute Gasteiger partial charge is 0.306 e. The molecule has 0 amide bonds. The van der Waals surface area contributed by atoms with Gasteiger partial charge in [0.25, 0.3) is 0 Å². The maximum atomic E-state index is 12.2. The minimum absolute atomic E-state index is 0.0475. The van der Waals surface area contributed by atoms with Crippen LogP contribution in [0.1, 0.15) is 55.2 Å². The van der Waals surface area contributed by atoms with E-state index in [-0.39, 0.29) is 38.6 Å². The maximum Gasteiger partial charge on any atom is 0.306 e. The minimum atomic E-state index is -0.876. The monoisotopic (exact) mass is 707 g/mol. The van der Waals surface area contributed by atoms with E-state index in [4.69, 9.17) is 23.7 Å². The molecule has 0 saturated carbocycles. The molecule has 4 aromatic rings. The molecule has 0 aliphatic carbocycles. The molecule has 1 saturated heterocycles. The number of methoxy groups -OCH3 is 1. The third kappa shape index (κ3) is 8.92. The zero-order valence-corrected chi connectivity index (χ0v) is 29.6. The largest absolute Gasteiger partial charge is 0.490 e. The third-order valence-electron chi connectivity index (χ3n) is 9.28. The predicted octanol–water partition coefficient (Wildman–Crippen LogP) is 7.00. The van der Waals surface area contributed by atoms with E-state index in [1.165, 1.54) is 12.5 Å². The number of unbranched alkanes of at least 4 members (excludes halogenated alkanes) is 2. The van der Waals surface area contributed by atoms with Crippen LogP contribution < -0.4 is 14.4 Å². The van der Waals surface area contributed by atoms with Crippen molar-refractivity contribution in [1.29, 1.82) is 0 Å². The Hall–Kier alpha value is -5.35. The zero-order chi connectivity index (χ0) is 36.2. The number of fused-ring (bicyclic) bond motifs is 3. The van der Waals surface area contributed by atoms with Crippen LogP contribution in [0.3, 0.4) is 0 Å². The average Bonchev–Trinajstić information content (AvgIpc) is 3.20. The van der Waals surface area contributed by atoms with Gasteiger partial charge in [-0.3, -0.25) is 14.4 Å². The third-order valence-corrected chi connectivity index (χ3v) is 9.28. The van der Waals surface area contributed by atoms with Gasteiger partial charge in [0.2, 0.25) is 0 Å². The Labute approximate surface area is 304 Å². The molecule has 2 aliphatic rings. The van der Waals surface area contributed by atoms with Gasteiger partial charge in [0.05, 0.1) is 39.8 Å². The number of ether oxygens (including phenoxy) is 6. The SMILES string of the molecule is COC(=O)CCCCCOC(=O)CCC(=O)OCCOc1ccc(C2(c3ccccc3)C=Cc3c(cc(N4CCOCC4)c4ccccc34)O2)cc1. The number of carbonyl (C=O) groups excluding carboxylic acids is 3. The Kier molecular flexibility index (Phi) is 12.4. The highest BCUT2D eigenvalue weighted by Crippen LogP contribution is 2.47. The summed E-state index contributed by atoms with van der Waals surface area (Å²) in [6.07, 6.45) is 6.58. The number of benzene rings is 4. The number of anilines is 1. The highest BCUT2D eigenvalue weighted by molar-refractivity contribution is 6.02. The number of carbonyl (C=O) groups is 3. The van der Waals surface area contributed by atoms with Crippen molar-refractivity contribution in [2.45, 2.75) is 44.1 Å². The summed E-state index contributed by atoms with van der Waals surface area (Å²) in [6, 6.07) is 28.6. The van der Waals surface area contributed by atoms with Crippen molar-refractivity contribution in [1.82, 2.24) is 0 Å². The van der Waals surface area contributed by atoms with Crippen molar-refractivity contribution in [3.8, 4) is 11.5 Å². The first-order valence-corrected chi connectivity index (χ1v) is 17.9. The fourth-order valence-electron chi connectivity index (χ4n) is 6.55. The first kappa shape index (κ1) is 36.4. The van der Waals surface area contributed by atoms with Gasteiger partial charge in [0, 0.05) is 53.3 Å². The number of hydrogen-bond acceptors (Lipinski definition) is 10. The van der Waals surface area contributed by atoms with E-state index in [1.54, 1.807) is 0 Å². The van der Waals surface area contributed by atoms with Gasteiger partial charge in [0.15, 0.2) is 5.60 Å². The molecule has 2 heterocycles. The lowest BCUT2D eigenvalue weighted by atomic mass is 9.83. The Morgan fingerprint density at radius 1 is 0.712 bits per heavy atom. The number of morpholine rings is 1. The molecule has 0 spiro atoms. The van der Waals surface area contributed by atoms with Crippen molar-refractivity contribution >= 4 is 40.4 Å². The van der Waals surface area contributed by atoms with Gasteiger partial charge >= 0.3 is 17.9 Å². The molecule has 0 bridgehead atoms. The molecule has 272 valence electrons. The Morgan fingerprint density at radius 2 is 1.38 bits per heavy atom. The van der Waals surface area contributed by atoms with E-state index in [1.807, 2.05) is 42.5 Å². The Balaban J connectivity index is 1.05. The molecule has 1 atom stereocenters. The summed E-state index contributed by atoms with van der Waals surface area (Å²) in [4.78, 5) is 37.6. The molecule has 2 aliphatic heterocycles. The molecular formula is C42H45NO9. The van der Waals surface area contributed by atoms with Crippen LogP contribution in [0.2, 0.25) is 0 Å². The van der Waals surface area contributed by atoms with E-state index in [0.29, 0.717) is 38.2 Å². The van der Waals surface area contributed by atoms with Crippen molar-refractivity contribution in [3.05, 3.63) is 108 Å². The number of nitrogens with zero attached hydrogens (tertiary/aromatic N) is 1. The van der Waals surface area contributed by atoms with E-state index in [2.05, 4.69) is 64.3 Å². The Morgan fingerprint density at radius 3 is 2.12 bits per heavy atom. The van der Waals surface area contributed by atoms with Crippen LogP contribution in [0, 0.1) is 0 Å². The van der Waals surface area contributed by atoms with Crippen LogP contribution >= 0.6 is 0 Å². The van der Waals surface area contributed by atoms with Crippen LogP contribution in [0.25, 0.3) is 16.8 Å². The summed E-state index contributed by atoms with van der Waals surface area (Å²) in [7, 11) is 1.36. The van der Waals surface area contributed by atoms with E-state index >= 15 is 0 Å². The molecule has 1 unspecified atom stereocenters. The maximum absolute atomic E-state index is 12.2. The van der Waals surface area contributed by atoms with Gasteiger partial charge in [0.1, 0.15) is 24.7 Å². The highest BCUT2D eigenvalue weighted by atomic mass is 16.6. The van der Waals surface area contributed by atoms with Crippen molar-refractivity contribution in [3.63, 3.8) is 0 Å². The van der Waals surface area contributed by atoms with E-state index in [9.17, 15) is 14.4 Å². The molecule has 10 nitrogen and oxygen atoms in total. The predicted molar refractivity (Wildman–Crippen MR) is 197 cm³/mol. The van der Waals surface area contributed by atoms with Crippen LogP contribution in [-0.2, 0) is 38.9 Å².